The summed E-state index contributed by atoms with van der Waals surface area (Å²) in [4.78, 5) is 12.4. The molecule has 2 N–H and O–H groups in total. The fourth-order valence-electron chi connectivity index (χ4n) is 1.75. The van der Waals surface area contributed by atoms with Crippen LogP contribution in [0.2, 0.25) is 0 Å². The summed E-state index contributed by atoms with van der Waals surface area (Å²) < 4.78 is 4.71. The van der Waals surface area contributed by atoms with Crippen molar-refractivity contribution in [3.8, 4) is 0 Å². The molecule has 0 bridgehead atoms. The second-order valence-corrected chi connectivity index (χ2v) is 4.15. The molecule has 3 nitrogen and oxygen atoms in total. The SMILES string of the molecule is COC(=O)C1(N)CCc2ccsc21. The molecule has 1 atom stereocenters. The van der Waals surface area contributed by atoms with Crippen LogP contribution in [-0.2, 0) is 21.5 Å². The van der Waals surface area contributed by atoms with Gasteiger partial charge in [-0.15, -0.1) is 11.3 Å². The number of thiophene rings is 1. The number of aryl methyl sites for hydroxylation is 1. The molecule has 1 aromatic heterocycles. The molecule has 1 heterocycles. The highest BCUT2D eigenvalue weighted by atomic mass is 32.1. The molecule has 13 heavy (non-hydrogen) atoms. The van der Waals surface area contributed by atoms with Crippen LogP contribution in [0.25, 0.3) is 0 Å². The fourth-order valence-corrected chi connectivity index (χ4v) is 2.83. The van der Waals surface area contributed by atoms with Gasteiger partial charge in [-0.1, -0.05) is 0 Å². The van der Waals surface area contributed by atoms with Crippen LogP contribution in [0.1, 0.15) is 16.9 Å². The van der Waals surface area contributed by atoms with Crippen molar-refractivity contribution in [2.75, 3.05) is 7.11 Å². The number of carbonyl (C=O) groups excluding carboxylic acids is 1. The first-order valence-corrected chi connectivity index (χ1v) is 5.00. The van der Waals surface area contributed by atoms with Crippen molar-refractivity contribution in [1.82, 2.24) is 0 Å². The lowest BCUT2D eigenvalue weighted by atomic mass is 10.0. The van der Waals surface area contributed by atoms with E-state index >= 15 is 0 Å². The van der Waals surface area contributed by atoms with E-state index in [0.29, 0.717) is 6.42 Å². The molecule has 70 valence electrons. The lowest BCUT2D eigenvalue weighted by Crippen LogP contribution is -2.43. The van der Waals surface area contributed by atoms with Gasteiger partial charge in [0.1, 0.15) is 5.54 Å². The highest BCUT2D eigenvalue weighted by Gasteiger charge is 2.43. The Kier molecular flexibility index (Phi) is 1.89. The van der Waals surface area contributed by atoms with E-state index in [1.165, 1.54) is 24.0 Å². The predicted octanol–water partition coefficient (Wildman–Crippen LogP) is 1.02. The van der Waals surface area contributed by atoms with Gasteiger partial charge in [-0.2, -0.15) is 0 Å². The molecule has 0 fully saturated rings. The van der Waals surface area contributed by atoms with Crippen molar-refractivity contribution in [3.05, 3.63) is 21.9 Å². The molecule has 2 rings (SSSR count). The zero-order valence-electron chi connectivity index (χ0n) is 7.37. The number of hydrogen-bond donors (Lipinski definition) is 1. The Morgan fingerprint density at radius 2 is 2.54 bits per heavy atom. The highest BCUT2D eigenvalue weighted by Crippen LogP contribution is 2.39. The summed E-state index contributed by atoms with van der Waals surface area (Å²) in [5.74, 6) is -0.325. The molecule has 1 aliphatic rings. The molecule has 1 aromatic rings. The van der Waals surface area contributed by atoms with Crippen molar-refractivity contribution < 1.29 is 9.53 Å². The third kappa shape index (κ3) is 1.09. The smallest absolute Gasteiger partial charge is 0.331 e. The van der Waals surface area contributed by atoms with Gasteiger partial charge in [-0.05, 0) is 29.9 Å². The van der Waals surface area contributed by atoms with E-state index in [2.05, 4.69) is 0 Å². The van der Waals surface area contributed by atoms with E-state index in [1.54, 1.807) is 0 Å². The lowest BCUT2D eigenvalue weighted by molar-refractivity contribution is -0.147. The first-order valence-electron chi connectivity index (χ1n) is 4.12. The van der Waals surface area contributed by atoms with Crippen molar-refractivity contribution in [2.24, 2.45) is 5.73 Å². The lowest BCUT2D eigenvalue weighted by Gasteiger charge is -2.19. The number of ether oxygens (including phenoxy) is 1. The van der Waals surface area contributed by atoms with Crippen LogP contribution in [0.3, 0.4) is 0 Å². The Bertz CT molecular complexity index is 347. The third-order valence-electron chi connectivity index (χ3n) is 2.49. The Labute approximate surface area is 80.5 Å². The maximum absolute atomic E-state index is 11.5. The largest absolute Gasteiger partial charge is 0.467 e. The Morgan fingerprint density at radius 1 is 1.77 bits per heavy atom. The number of methoxy groups -OCH3 is 1. The first kappa shape index (κ1) is 8.72. The number of rotatable bonds is 1. The van der Waals surface area contributed by atoms with E-state index < -0.39 is 5.54 Å². The van der Waals surface area contributed by atoms with Gasteiger partial charge in [0.15, 0.2) is 0 Å². The van der Waals surface area contributed by atoms with E-state index in [-0.39, 0.29) is 5.97 Å². The van der Waals surface area contributed by atoms with Crippen molar-refractivity contribution in [2.45, 2.75) is 18.4 Å². The number of nitrogens with two attached hydrogens (primary N) is 1. The fraction of sp³-hybridized carbons (Fsp3) is 0.444. The highest BCUT2D eigenvalue weighted by molar-refractivity contribution is 7.10. The first-order chi connectivity index (χ1) is 6.18. The van der Waals surface area contributed by atoms with Crippen LogP contribution in [-0.4, -0.2) is 13.1 Å². The molecule has 0 saturated heterocycles. The van der Waals surface area contributed by atoms with Gasteiger partial charge in [-0.25, -0.2) is 4.79 Å². The summed E-state index contributed by atoms with van der Waals surface area (Å²) in [5.41, 5.74) is 6.32. The molecular weight excluding hydrogens is 186 g/mol. The van der Waals surface area contributed by atoms with Gasteiger partial charge < -0.3 is 10.5 Å². The number of fused-ring (bicyclic) bond motifs is 1. The van der Waals surface area contributed by atoms with Crippen molar-refractivity contribution >= 4 is 17.3 Å². The topological polar surface area (TPSA) is 52.3 Å². The Balaban J connectivity index is 2.43. The summed E-state index contributed by atoms with van der Waals surface area (Å²) in [7, 11) is 1.38. The molecule has 0 aromatic carbocycles. The molecule has 0 amide bonds. The van der Waals surface area contributed by atoms with Crippen molar-refractivity contribution in [1.29, 1.82) is 0 Å². The third-order valence-corrected chi connectivity index (χ3v) is 3.62. The molecule has 0 spiro atoms. The molecular formula is C9H11NO2S. The second kappa shape index (κ2) is 2.82. The van der Waals surface area contributed by atoms with Gasteiger partial charge in [0.05, 0.1) is 7.11 Å². The molecule has 1 unspecified atom stereocenters. The van der Waals surface area contributed by atoms with Crippen LogP contribution < -0.4 is 5.73 Å². The van der Waals surface area contributed by atoms with Crippen molar-refractivity contribution in [3.63, 3.8) is 0 Å². The van der Waals surface area contributed by atoms with Crippen LogP contribution in [0.4, 0.5) is 0 Å². The Morgan fingerprint density at radius 3 is 3.23 bits per heavy atom. The van der Waals surface area contributed by atoms with E-state index in [0.717, 1.165) is 11.3 Å². The zero-order chi connectivity index (χ0) is 9.47. The molecule has 0 saturated carbocycles. The summed E-state index contributed by atoms with van der Waals surface area (Å²) in [6.45, 7) is 0. The maximum Gasteiger partial charge on any atom is 0.331 e. The normalized spacial score (nSPS) is 25.7. The monoisotopic (exact) mass is 197 g/mol. The summed E-state index contributed by atoms with van der Waals surface area (Å²) in [6, 6.07) is 2.03. The van der Waals surface area contributed by atoms with Gasteiger partial charge in [-0.3, -0.25) is 0 Å². The number of carbonyl (C=O) groups is 1. The van der Waals surface area contributed by atoms with Gasteiger partial charge in [0, 0.05) is 4.88 Å². The van der Waals surface area contributed by atoms with E-state index in [4.69, 9.17) is 10.5 Å². The van der Waals surface area contributed by atoms with E-state index in [9.17, 15) is 4.79 Å². The molecule has 1 aliphatic carbocycles. The summed E-state index contributed by atoms with van der Waals surface area (Å²) in [6.07, 6.45) is 1.55. The molecule has 4 heteroatoms. The minimum Gasteiger partial charge on any atom is -0.467 e. The van der Waals surface area contributed by atoms with Crippen LogP contribution in [0.5, 0.6) is 0 Å². The maximum atomic E-state index is 11.5. The van der Waals surface area contributed by atoms with Gasteiger partial charge in [0.25, 0.3) is 0 Å². The summed E-state index contributed by atoms with van der Waals surface area (Å²) >= 11 is 1.54. The predicted molar refractivity (Wildman–Crippen MR) is 50.5 cm³/mol. The zero-order valence-corrected chi connectivity index (χ0v) is 8.19. The molecule has 0 aliphatic heterocycles. The second-order valence-electron chi connectivity index (χ2n) is 3.24. The van der Waals surface area contributed by atoms with E-state index in [1.807, 2.05) is 11.4 Å². The molecule has 0 radical (unpaired) electrons. The minimum atomic E-state index is -0.877. The summed E-state index contributed by atoms with van der Waals surface area (Å²) in [5, 5.41) is 1.97. The number of hydrogen-bond acceptors (Lipinski definition) is 4. The minimum absolute atomic E-state index is 0.325. The quantitative estimate of drug-likeness (QED) is 0.684. The van der Waals surface area contributed by atoms with Gasteiger partial charge >= 0.3 is 5.97 Å². The van der Waals surface area contributed by atoms with Crippen LogP contribution >= 0.6 is 11.3 Å². The number of esters is 1. The van der Waals surface area contributed by atoms with Gasteiger partial charge in [0.2, 0.25) is 0 Å². The van der Waals surface area contributed by atoms with Crippen LogP contribution in [0.15, 0.2) is 11.4 Å². The average Bonchev–Trinajstić information content (AvgIpc) is 2.69. The average molecular weight is 197 g/mol. The van der Waals surface area contributed by atoms with Crippen LogP contribution in [0, 0.1) is 0 Å². The Hall–Kier alpha value is -0.870. The standard InChI is InChI=1S/C9H11NO2S/c1-12-8(11)9(10)4-2-6-3-5-13-7(6)9/h3,5H,2,4,10H2,1H3.